The van der Waals surface area contributed by atoms with Gasteiger partial charge in [-0.15, -0.1) is 0 Å². The van der Waals surface area contributed by atoms with Crippen LogP contribution in [0, 0.1) is 24.4 Å². The van der Waals surface area contributed by atoms with Crippen LogP contribution in [0.4, 0.5) is 28.9 Å². The molecular weight excluding hydrogens is 670 g/mol. The van der Waals surface area contributed by atoms with E-state index in [-0.39, 0.29) is 41.5 Å². The number of hydrogen-bond donors (Lipinski definition) is 1. The van der Waals surface area contributed by atoms with Crippen LogP contribution in [0.3, 0.4) is 0 Å². The summed E-state index contributed by atoms with van der Waals surface area (Å²) in [5, 5.41) is 10.5. The number of carbonyl (C=O) groups is 2. The molecule has 1 saturated heterocycles. The zero-order chi connectivity index (χ0) is 37.0. The molecule has 268 valence electrons. The zero-order valence-electron chi connectivity index (χ0n) is 28.7. The number of amides is 1. The number of phenols is 1. The third-order valence-corrected chi connectivity index (χ3v) is 9.75. The maximum absolute atomic E-state index is 17.4. The van der Waals surface area contributed by atoms with Gasteiger partial charge in [-0.2, -0.15) is 0 Å². The number of aromatic nitrogens is 2. The van der Waals surface area contributed by atoms with Crippen molar-refractivity contribution in [2.75, 3.05) is 43.2 Å². The maximum Gasteiger partial charge on any atom is 0.330 e. The molecule has 2 aromatic carbocycles. The van der Waals surface area contributed by atoms with Crippen LogP contribution < -0.4 is 15.4 Å². The van der Waals surface area contributed by atoms with Crippen LogP contribution in [0.1, 0.15) is 37.9 Å². The smallest absolute Gasteiger partial charge is 0.330 e. The van der Waals surface area contributed by atoms with Gasteiger partial charge in [-0.25, -0.2) is 22.4 Å². The minimum absolute atomic E-state index is 0.00264. The summed E-state index contributed by atoms with van der Waals surface area (Å²) in [5.74, 6) is -6.01. The van der Waals surface area contributed by atoms with Gasteiger partial charge in [0, 0.05) is 37.3 Å². The summed E-state index contributed by atoms with van der Waals surface area (Å²) in [4.78, 5) is 50.6. The van der Waals surface area contributed by atoms with Crippen molar-refractivity contribution < 1.29 is 37.0 Å². The number of aryl methyl sites for hydroxylation is 1. The highest BCUT2D eigenvalue weighted by Crippen LogP contribution is 2.47. The molecule has 2 aliphatic heterocycles. The van der Waals surface area contributed by atoms with Crippen molar-refractivity contribution in [3.05, 3.63) is 88.2 Å². The Labute approximate surface area is 291 Å². The molecule has 51 heavy (non-hydrogen) atoms. The molecule has 0 bridgehead atoms. The van der Waals surface area contributed by atoms with Gasteiger partial charge in [0.15, 0.2) is 5.82 Å². The van der Waals surface area contributed by atoms with Crippen molar-refractivity contribution in [3.8, 4) is 22.6 Å². The van der Waals surface area contributed by atoms with E-state index in [0.717, 1.165) is 36.0 Å². The number of nitrogens with zero attached hydrogens (tertiary/aromatic N) is 5. The van der Waals surface area contributed by atoms with Gasteiger partial charge in [0.2, 0.25) is 5.91 Å². The molecule has 3 unspecified atom stereocenters. The number of ether oxygens (including phenoxy) is 1. The van der Waals surface area contributed by atoms with Crippen molar-refractivity contribution in [2.24, 2.45) is 0 Å². The molecule has 3 atom stereocenters. The van der Waals surface area contributed by atoms with Crippen LogP contribution in [-0.4, -0.2) is 83.0 Å². The number of aromatic hydroxyl groups is 1. The molecule has 6 rings (SSSR count). The molecule has 2 aliphatic rings. The zero-order valence-corrected chi connectivity index (χ0v) is 28.7. The highest BCUT2D eigenvalue weighted by molar-refractivity contribution is 6.05. The van der Waals surface area contributed by atoms with E-state index >= 15 is 18.0 Å². The molecule has 1 N–H and O–H groups in total. The number of hydrogen-bond acceptors (Lipinski definition) is 8. The van der Waals surface area contributed by atoms with Gasteiger partial charge in [-0.1, -0.05) is 26.5 Å². The maximum atomic E-state index is 17.4. The molecular formula is C37H37F4N5O5. The van der Waals surface area contributed by atoms with E-state index in [0.29, 0.717) is 11.3 Å². The number of carbonyl (C=O) groups excluding carboxylic acids is 2. The molecule has 0 saturated carbocycles. The van der Waals surface area contributed by atoms with Gasteiger partial charge in [-0.05, 0) is 55.7 Å². The van der Waals surface area contributed by atoms with Crippen molar-refractivity contribution in [3.63, 3.8) is 0 Å². The Morgan fingerprint density at radius 1 is 1.10 bits per heavy atom. The molecule has 2 aromatic heterocycles. The van der Waals surface area contributed by atoms with E-state index in [1.165, 1.54) is 22.1 Å². The normalized spacial score (nSPS) is 18.5. The number of methoxy groups -OCH3 is 1. The largest absolute Gasteiger partial charge is 0.507 e. The van der Waals surface area contributed by atoms with Crippen LogP contribution >= 0.6 is 0 Å². The summed E-state index contributed by atoms with van der Waals surface area (Å²) in [5.41, 5.74) is -2.20. The van der Waals surface area contributed by atoms with E-state index in [1.807, 2.05) is 13.8 Å². The Hall–Kier alpha value is -5.40. The van der Waals surface area contributed by atoms with Crippen molar-refractivity contribution >= 4 is 34.2 Å². The molecule has 0 spiro atoms. The van der Waals surface area contributed by atoms with Crippen molar-refractivity contribution in [1.29, 1.82) is 0 Å². The second-order valence-corrected chi connectivity index (χ2v) is 13.0. The number of alkyl halides is 1. The second kappa shape index (κ2) is 13.4. The van der Waals surface area contributed by atoms with Crippen LogP contribution in [0.5, 0.6) is 5.75 Å². The lowest BCUT2D eigenvalue weighted by molar-refractivity contribution is -0.144. The standard InChI is InChI=1S/C37H37F4N5O5/c1-7-26(48)44-17-24-34(37(50)51-6)43(14-12-38)35-33(45(24)16-20(44)5)21-15-23(40)28(27-22(39)9-8-10-25(27)47)29(41)32(21)46(36(35)49)31-19(4)11-13-42-30(31)18(2)3/h7-11,13,15,18,20,24,34,47H,1,12,14,16-17H2,2-6H3. The first-order valence-electron chi connectivity index (χ1n) is 16.4. The van der Waals surface area contributed by atoms with E-state index in [9.17, 15) is 19.1 Å². The van der Waals surface area contributed by atoms with Gasteiger partial charge in [0.1, 0.15) is 35.8 Å². The van der Waals surface area contributed by atoms with E-state index < -0.39 is 88.6 Å². The predicted octanol–water partition coefficient (Wildman–Crippen LogP) is 5.53. The quantitative estimate of drug-likeness (QED) is 0.152. The van der Waals surface area contributed by atoms with Gasteiger partial charge in [-0.3, -0.25) is 19.1 Å². The highest BCUT2D eigenvalue weighted by Gasteiger charge is 2.50. The number of rotatable bonds is 7. The first-order chi connectivity index (χ1) is 24.3. The highest BCUT2D eigenvalue weighted by atomic mass is 19.1. The second-order valence-electron chi connectivity index (χ2n) is 13.0. The lowest BCUT2D eigenvalue weighted by Crippen LogP contribution is -2.70. The molecule has 1 amide bonds. The SMILES string of the molecule is C=CC(=O)N1CC2C(C(=O)OC)N(CCF)c3c(c4cc(F)c(-c5c(O)cccc5F)c(F)c4n(-c4c(C)ccnc4C(C)C)c3=O)N2CC1C. The first kappa shape index (κ1) is 35.4. The van der Waals surface area contributed by atoms with Crippen LogP contribution in [0.15, 0.2) is 54.0 Å². The van der Waals surface area contributed by atoms with Gasteiger partial charge in [0.25, 0.3) is 5.56 Å². The number of halogens is 4. The number of esters is 1. The topological polar surface area (TPSA) is 108 Å². The number of benzene rings is 2. The number of phenolic OH excluding ortho intramolecular Hbond substituents is 1. The number of pyridine rings is 2. The Morgan fingerprint density at radius 3 is 2.45 bits per heavy atom. The van der Waals surface area contributed by atoms with E-state index in [4.69, 9.17) is 4.74 Å². The summed E-state index contributed by atoms with van der Waals surface area (Å²) >= 11 is 0. The summed E-state index contributed by atoms with van der Waals surface area (Å²) in [6.45, 7) is 8.98. The van der Waals surface area contributed by atoms with Crippen LogP contribution in [0.2, 0.25) is 0 Å². The molecule has 14 heteroatoms. The van der Waals surface area contributed by atoms with Gasteiger partial charge < -0.3 is 24.5 Å². The third-order valence-electron chi connectivity index (χ3n) is 9.75. The predicted molar refractivity (Wildman–Crippen MR) is 185 cm³/mol. The Morgan fingerprint density at radius 2 is 1.82 bits per heavy atom. The van der Waals surface area contributed by atoms with Crippen molar-refractivity contribution in [2.45, 2.75) is 51.7 Å². The lowest BCUT2D eigenvalue weighted by Gasteiger charge is -2.54. The van der Waals surface area contributed by atoms with E-state index in [2.05, 4.69) is 11.6 Å². The molecule has 1 fully saturated rings. The number of piperazine rings is 1. The summed E-state index contributed by atoms with van der Waals surface area (Å²) in [6, 6.07) is 2.93. The fourth-order valence-electron chi connectivity index (χ4n) is 7.53. The molecule has 0 radical (unpaired) electrons. The number of anilines is 2. The summed E-state index contributed by atoms with van der Waals surface area (Å²) in [6.07, 6.45) is 2.65. The fraction of sp³-hybridized carbons (Fsp3) is 0.351. The Balaban J connectivity index is 1.85. The monoisotopic (exact) mass is 707 g/mol. The van der Waals surface area contributed by atoms with Crippen LogP contribution in [0.25, 0.3) is 27.7 Å². The third kappa shape index (κ3) is 5.47. The fourth-order valence-corrected chi connectivity index (χ4v) is 7.53. The molecule has 10 nitrogen and oxygen atoms in total. The average molecular weight is 708 g/mol. The minimum Gasteiger partial charge on any atom is -0.507 e. The molecule has 0 aliphatic carbocycles. The number of fused-ring (bicyclic) bond motifs is 5. The lowest BCUT2D eigenvalue weighted by atomic mass is 9.91. The van der Waals surface area contributed by atoms with E-state index in [1.54, 1.807) is 24.8 Å². The summed E-state index contributed by atoms with van der Waals surface area (Å²) < 4.78 is 69.9. The Bertz CT molecular complexity index is 2130. The Kier molecular flexibility index (Phi) is 9.29. The van der Waals surface area contributed by atoms with Gasteiger partial charge >= 0.3 is 5.97 Å². The van der Waals surface area contributed by atoms with Crippen LogP contribution in [-0.2, 0) is 14.3 Å². The van der Waals surface area contributed by atoms with Crippen molar-refractivity contribution in [1.82, 2.24) is 14.5 Å². The minimum atomic E-state index is -1.35. The molecule has 4 aromatic rings. The van der Waals surface area contributed by atoms with Gasteiger partial charge in [0.05, 0.1) is 46.9 Å². The average Bonchev–Trinajstić information content (AvgIpc) is 3.09. The first-order valence-corrected chi connectivity index (χ1v) is 16.4. The molecule has 4 heterocycles. The summed E-state index contributed by atoms with van der Waals surface area (Å²) in [7, 11) is 1.14.